The van der Waals surface area contributed by atoms with Gasteiger partial charge in [0.2, 0.25) is 0 Å². The largest absolute Gasteiger partial charge is 0.383 e. The molecule has 1 aromatic heterocycles. The standard InChI is InChI=1S/C23H20FN7O2/c1-33-10-9-29-14-19-20(22(29)32)21(17-7-5-15(13-25)6-8-17)31-23(26-27-28-31)30(19)18-4-2-3-16(11-18)12-24/h2-8,11,21H,9-10,12,14H2,1H3. The van der Waals surface area contributed by atoms with Crippen molar-refractivity contribution in [2.75, 3.05) is 31.7 Å². The zero-order valence-corrected chi connectivity index (χ0v) is 17.8. The molecule has 166 valence electrons. The molecule has 0 radical (unpaired) electrons. The minimum atomic E-state index is -0.606. The lowest BCUT2D eigenvalue weighted by molar-refractivity contribution is -0.126. The van der Waals surface area contributed by atoms with E-state index in [9.17, 15) is 14.4 Å². The molecular weight excluding hydrogens is 425 g/mol. The smallest absolute Gasteiger partial charge is 0.255 e. The zero-order valence-electron chi connectivity index (χ0n) is 17.8. The van der Waals surface area contributed by atoms with E-state index >= 15 is 0 Å². The SMILES string of the molecule is COCCN1CC2=C(C1=O)C(c1ccc(C#N)cc1)n1nnnc1N2c1cccc(CF)c1. The van der Waals surface area contributed by atoms with Gasteiger partial charge in [-0.25, -0.2) is 4.39 Å². The number of alkyl halides is 1. The van der Waals surface area contributed by atoms with Crippen LogP contribution in [-0.4, -0.2) is 57.8 Å². The van der Waals surface area contributed by atoms with Gasteiger partial charge < -0.3 is 9.64 Å². The van der Waals surface area contributed by atoms with Crippen LogP contribution in [0, 0.1) is 11.3 Å². The fraction of sp³-hybridized carbons (Fsp3) is 0.261. The number of aromatic nitrogens is 4. The fourth-order valence-corrected chi connectivity index (χ4v) is 4.32. The molecule has 0 saturated carbocycles. The van der Waals surface area contributed by atoms with E-state index in [1.54, 1.807) is 47.0 Å². The number of fused-ring (bicyclic) bond motifs is 1. The van der Waals surface area contributed by atoms with Crippen LogP contribution in [0.3, 0.4) is 0 Å². The summed E-state index contributed by atoms with van der Waals surface area (Å²) in [5.74, 6) is 0.296. The number of carbonyl (C=O) groups is 1. The van der Waals surface area contributed by atoms with Crippen molar-refractivity contribution in [1.82, 2.24) is 25.1 Å². The summed E-state index contributed by atoms with van der Waals surface area (Å²) in [4.78, 5) is 17.1. The van der Waals surface area contributed by atoms with Crippen LogP contribution >= 0.6 is 0 Å². The monoisotopic (exact) mass is 445 g/mol. The molecule has 1 unspecified atom stereocenters. The number of hydrogen-bond donors (Lipinski definition) is 0. The topological polar surface area (TPSA) is 100 Å². The molecule has 5 rings (SSSR count). The summed E-state index contributed by atoms with van der Waals surface area (Å²) in [5.41, 5.74) is 3.78. The number of rotatable bonds is 6. The predicted octanol–water partition coefficient (Wildman–Crippen LogP) is 2.50. The zero-order chi connectivity index (χ0) is 22.9. The minimum Gasteiger partial charge on any atom is -0.383 e. The van der Waals surface area contributed by atoms with Gasteiger partial charge in [0.1, 0.15) is 12.7 Å². The van der Waals surface area contributed by atoms with Crippen LogP contribution in [0.5, 0.6) is 0 Å². The van der Waals surface area contributed by atoms with Gasteiger partial charge in [0, 0.05) is 19.3 Å². The Morgan fingerprint density at radius 1 is 1.24 bits per heavy atom. The highest BCUT2D eigenvalue weighted by atomic mass is 19.1. The van der Waals surface area contributed by atoms with E-state index in [1.165, 1.54) is 0 Å². The molecule has 33 heavy (non-hydrogen) atoms. The fourth-order valence-electron chi connectivity index (χ4n) is 4.32. The summed E-state index contributed by atoms with van der Waals surface area (Å²) in [6.07, 6.45) is 0. The third kappa shape index (κ3) is 3.43. The van der Waals surface area contributed by atoms with E-state index in [1.807, 2.05) is 23.1 Å². The first-order chi connectivity index (χ1) is 16.2. The van der Waals surface area contributed by atoms with E-state index in [2.05, 4.69) is 21.6 Å². The van der Waals surface area contributed by atoms with Gasteiger partial charge >= 0.3 is 0 Å². The van der Waals surface area contributed by atoms with Crippen molar-refractivity contribution >= 4 is 17.5 Å². The molecule has 1 amide bonds. The Morgan fingerprint density at radius 3 is 2.79 bits per heavy atom. The number of amides is 1. The molecule has 0 spiro atoms. The van der Waals surface area contributed by atoms with Gasteiger partial charge in [-0.05, 0) is 45.8 Å². The molecular formula is C23H20FN7O2. The van der Waals surface area contributed by atoms with E-state index in [0.29, 0.717) is 48.0 Å². The number of nitrogens with zero attached hydrogens (tertiary/aromatic N) is 7. The highest BCUT2D eigenvalue weighted by Gasteiger charge is 2.45. The average Bonchev–Trinajstić information content (AvgIpc) is 3.46. The summed E-state index contributed by atoms with van der Waals surface area (Å²) in [6, 6.07) is 15.6. The number of methoxy groups -OCH3 is 1. The second-order valence-electron chi connectivity index (χ2n) is 7.78. The van der Waals surface area contributed by atoms with Crippen LogP contribution in [0.2, 0.25) is 0 Å². The third-order valence-electron chi connectivity index (χ3n) is 5.88. The first-order valence-electron chi connectivity index (χ1n) is 10.4. The van der Waals surface area contributed by atoms with Gasteiger partial charge in [0.25, 0.3) is 11.9 Å². The summed E-state index contributed by atoms with van der Waals surface area (Å²) < 4.78 is 20.2. The van der Waals surface area contributed by atoms with Crippen LogP contribution in [-0.2, 0) is 16.2 Å². The Morgan fingerprint density at radius 2 is 2.06 bits per heavy atom. The second-order valence-corrected chi connectivity index (χ2v) is 7.78. The van der Waals surface area contributed by atoms with E-state index < -0.39 is 12.7 Å². The van der Waals surface area contributed by atoms with Gasteiger partial charge in [-0.3, -0.25) is 9.69 Å². The quantitative estimate of drug-likeness (QED) is 0.575. The number of carbonyl (C=O) groups excluding carboxylic acids is 1. The van der Waals surface area contributed by atoms with Crippen molar-refractivity contribution in [3.05, 3.63) is 76.5 Å². The molecule has 2 aromatic carbocycles. The van der Waals surface area contributed by atoms with E-state index in [4.69, 9.17) is 4.74 Å². The van der Waals surface area contributed by atoms with Crippen molar-refractivity contribution in [1.29, 1.82) is 5.26 Å². The molecule has 0 bridgehead atoms. The normalized spacial score (nSPS) is 17.2. The van der Waals surface area contributed by atoms with Crippen LogP contribution < -0.4 is 4.90 Å². The Kier molecular flexibility index (Phi) is 5.32. The van der Waals surface area contributed by atoms with Gasteiger partial charge in [0.05, 0.1) is 36.1 Å². The van der Waals surface area contributed by atoms with Crippen LogP contribution in [0.1, 0.15) is 22.7 Å². The maximum atomic E-state index is 13.6. The number of benzene rings is 2. The van der Waals surface area contributed by atoms with E-state index in [-0.39, 0.29) is 5.91 Å². The average molecular weight is 445 g/mol. The number of hydrogen-bond acceptors (Lipinski definition) is 7. The van der Waals surface area contributed by atoms with Gasteiger partial charge in [-0.2, -0.15) is 9.94 Å². The predicted molar refractivity (Wildman–Crippen MR) is 116 cm³/mol. The molecule has 0 N–H and O–H groups in total. The van der Waals surface area contributed by atoms with Gasteiger partial charge in [0.15, 0.2) is 0 Å². The molecule has 1 atom stereocenters. The van der Waals surface area contributed by atoms with Gasteiger partial charge in [-0.15, -0.1) is 0 Å². The molecule has 0 fully saturated rings. The molecule has 2 aliphatic rings. The van der Waals surface area contributed by atoms with Crippen LogP contribution in [0.15, 0.2) is 59.8 Å². The highest BCUT2D eigenvalue weighted by molar-refractivity contribution is 6.00. The van der Waals surface area contributed by atoms with Crippen molar-refractivity contribution in [2.24, 2.45) is 0 Å². The third-order valence-corrected chi connectivity index (χ3v) is 5.88. The number of nitriles is 1. The summed E-state index contributed by atoms with van der Waals surface area (Å²) in [6.45, 7) is 0.562. The number of anilines is 2. The van der Waals surface area contributed by atoms with Crippen molar-refractivity contribution in [3.8, 4) is 6.07 Å². The van der Waals surface area contributed by atoms with Crippen LogP contribution in [0.4, 0.5) is 16.0 Å². The molecule has 10 heteroatoms. The number of ether oxygens (including phenoxy) is 1. The molecule has 0 saturated heterocycles. The summed E-state index contributed by atoms with van der Waals surface area (Å²) in [5, 5.41) is 21.5. The van der Waals surface area contributed by atoms with Gasteiger partial charge in [-0.1, -0.05) is 29.4 Å². The second kappa shape index (κ2) is 8.44. The first-order valence-corrected chi connectivity index (χ1v) is 10.4. The minimum absolute atomic E-state index is 0.135. The lowest BCUT2D eigenvalue weighted by atomic mass is 9.95. The number of halogens is 1. The lowest BCUT2D eigenvalue weighted by Gasteiger charge is -2.33. The molecule has 0 aliphatic carbocycles. The number of tetrazole rings is 1. The van der Waals surface area contributed by atoms with Crippen molar-refractivity contribution in [2.45, 2.75) is 12.7 Å². The van der Waals surface area contributed by atoms with E-state index in [0.717, 1.165) is 11.3 Å². The summed E-state index contributed by atoms with van der Waals surface area (Å²) >= 11 is 0. The molecule has 3 aromatic rings. The molecule has 3 heterocycles. The lowest BCUT2D eigenvalue weighted by Crippen LogP contribution is -2.33. The Balaban J connectivity index is 1.68. The van der Waals surface area contributed by atoms with Crippen molar-refractivity contribution in [3.63, 3.8) is 0 Å². The summed E-state index contributed by atoms with van der Waals surface area (Å²) in [7, 11) is 1.59. The molecule has 2 aliphatic heterocycles. The Hall–Kier alpha value is -4.10. The maximum absolute atomic E-state index is 13.6. The Bertz CT molecular complexity index is 1280. The van der Waals surface area contributed by atoms with Crippen LogP contribution in [0.25, 0.3) is 0 Å². The first kappa shape index (κ1) is 20.8. The Labute approximate surface area is 189 Å². The highest BCUT2D eigenvalue weighted by Crippen LogP contribution is 2.44. The maximum Gasteiger partial charge on any atom is 0.255 e. The van der Waals surface area contributed by atoms with Crippen molar-refractivity contribution < 1.29 is 13.9 Å². The molecule has 9 nitrogen and oxygen atoms in total.